The summed E-state index contributed by atoms with van der Waals surface area (Å²) in [5.41, 5.74) is 6.19. The van der Waals surface area contributed by atoms with E-state index in [-0.39, 0.29) is 11.9 Å². The molecule has 5 nitrogen and oxygen atoms in total. The smallest absolute Gasteiger partial charge is 0.265 e. The zero-order valence-electron chi connectivity index (χ0n) is 12.0. The number of amides is 1. The number of anilines is 2. The van der Waals surface area contributed by atoms with Gasteiger partial charge in [0.1, 0.15) is 10.7 Å². The lowest BCUT2D eigenvalue weighted by atomic mass is 9.92. The van der Waals surface area contributed by atoms with Crippen LogP contribution in [-0.4, -0.2) is 23.0 Å². The fourth-order valence-electron chi connectivity index (χ4n) is 2.77. The molecule has 2 aliphatic carbocycles. The van der Waals surface area contributed by atoms with Gasteiger partial charge in [0.2, 0.25) is 0 Å². The summed E-state index contributed by atoms with van der Waals surface area (Å²) in [5, 5.41) is 7.15. The third-order valence-corrected chi connectivity index (χ3v) is 5.07. The maximum Gasteiger partial charge on any atom is 0.265 e. The Morgan fingerprint density at radius 2 is 2.10 bits per heavy atom. The summed E-state index contributed by atoms with van der Waals surface area (Å²) in [6, 6.07) is 0.783. The van der Waals surface area contributed by atoms with Crippen molar-refractivity contribution < 1.29 is 4.79 Å². The second-order valence-corrected chi connectivity index (χ2v) is 7.73. The number of carbonyl (C=O) groups is 1. The van der Waals surface area contributed by atoms with Gasteiger partial charge >= 0.3 is 0 Å². The molecule has 6 heteroatoms. The number of nitrogen functional groups attached to an aromatic ring is 1. The first-order chi connectivity index (χ1) is 9.43. The molecule has 20 heavy (non-hydrogen) atoms. The van der Waals surface area contributed by atoms with Gasteiger partial charge < -0.3 is 16.4 Å². The Labute approximate surface area is 123 Å². The highest BCUT2D eigenvalue weighted by Crippen LogP contribution is 2.37. The molecule has 1 atom stereocenters. The van der Waals surface area contributed by atoms with Crippen LogP contribution in [0.5, 0.6) is 0 Å². The molecule has 1 heterocycles. The molecular weight excluding hydrogens is 272 g/mol. The minimum atomic E-state index is -0.0773. The summed E-state index contributed by atoms with van der Waals surface area (Å²) < 4.78 is 0. The molecule has 110 valence electrons. The minimum Gasteiger partial charge on any atom is -0.382 e. The molecule has 3 rings (SSSR count). The molecule has 0 saturated heterocycles. The summed E-state index contributed by atoms with van der Waals surface area (Å²) in [4.78, 5) is 17.1. The number of hydrogen-bond donors (Lipinski definition) is 3. The highest BCUT2D eigenvalue weighted by Gasteiger charge is 2.32. The Morgan fingerprint density at radius 1 is 1.35 bits per heavy atom. The molecule has 0 aromatic carbocycles. The van der Waals surface area contributed by atoms with E-state index in [4.69, 9.17) is 5.73 Å². The lowest BCUT2D eigenvalue weighted by Gasteiger charge is -2.17. The maximum absolute atomic E-state index is 12.3. The monoisotopic (exact) mass is 294 g/mol. The van der Waals surface area contributed by atoms with Gasteiger partial charge in [-0.25, -0.2) is 4.98 Å². The van der Waals surface area contributed by atoms with Crippen molar-refractivity contribution in [2.75, 3.05) is 11.1 Å². The summed E-state index contributed by atoms with van der Waals surface area (Å²) >= 11 is 1.36. The molecule has 1 aromatic heterocycles. The standard InChI is InChI=1S/C14H22N4OS/c1-14(2)6-5-9(7-14)16-12(19)10-11(15)18-13(20-10)17-8-3-4-8/h8-9H,3-7,15H2,1-2H3,(H,16,19)(H,17,18). The Balaban J connectivity index is 1.63. The van der Waals surface area contributed by atoms with Gasteiger partial charge in [-0.05, 0) is 37.5 Å². The van der Waals surface area contributed by atoms with Crippen LogP contribution in [0, 0.1) is 5.41 Å². The van der Waals surface area contributed by atoms with Gasteiger partial charge in [-0.1, -0.05) is 25.2 Å². The van der Waals surface area contributed by atoms with Gasteiger partial charge in [0, 0.05) is 12.1 Å². The van der Waals surface area contributed by atoms with Crippen LogP contribution < -0.4 is 16.4 Å². The molecule has 2 fully saturated rings. The van der Waals surface area contributed by atoms with E-state index in [0.717, 1.165) is 24.4 Å². The molecule has 1 amide bonds. The first kappa shape index (κ1) is 13.7. The van der Waals surface area contributed by atoms with Crippen LogP contribution in [0.2, 0.25) is 0 Å². The molecule has 2 saturated carbocycles. The average Bonchev–Trinajstić information content (AvgIpc) is 2.99. The van der Waals surface area contributed by atoms with Crippen molar-refractivity contribution in [2.45, 2.75) is 58.0 Å². The molecule has 0 bridgehead atoms. The summed E-state index contributed by atoms with van der Waals surface area (Å²) in [5.74, 6) is 0.263. The third kappa shape index (κ3) is 3.06. The zero-order chi connectivity index (χ0) is 14.3. The van der Waals surface area contributed by atoms with E-state index in [2.05, 4.69) is 29.5 Å². The quantitative estimate of drug-likeness (QED) is 0.797. The number of rotatable bonds is 4. The Kier molecular flexibility index (Phi) is 3.36. The van der Waals surface area contributed by atoms with Gasteiger partial charge in [0.25, 0.3) is 5.91 Å². The number of nitrogens with two attached hydrogens (primary N) is 1. The Morgan fingerprint density at radius 3 is 2.70 bits per heavy atom. The lowest BCUT2D eigenvalue weighted by Crippen LogP contribution is -2.33. The number of carbonyl (C=O) groups excluding carboxylic acids is 1. The summed E-state index contributed by atoms with van der Waals surface area (Å²) in [7, 11) is 0. The van der Waals surface area contributed by atoms with Crippen molar-refractivity contribution in [3.05, 3.63) is 4.88 Å². The average molecular weight is 294 g/mol. The number of aromatic nitrogens is 1. The van der Waals surface area contributed by atoms with Gasteiger partial charge in [-0.3, -0.25) is 4.79 Å². The van der Waals surface area contributed by atoms with Gasteiger partial charge in [0.15, 0.2) is 5.13 Å². The number of nitrogens with one attached hydrogen (secondary N) is 2. The van der Waals surface area contributed by atoms with Crippen LogP contribution in [0.4, 0.5) is 10.9 Å². The van der Waals surface area contributed by atoms with Gasteiger partial charge in [-0.15, -0.1) is 0 Å². The van der Waals surface area contributed by atoms with E-state index in [1.54, 1.807) is 0 Å². The predicted molar refractivity (Wildman–Crippen MR) is 82.1 cm³/mol. The first-order valence-corrected chi connectivity index (χ1v) is 8.08. The van der Waals surface area contributed by atoms with Crippen LogP contribution in [0.25, 0.3) is 0 Å². The van der Waals surface area contributed by atoms with Crippen molar-refractivity contribution in [2.24, 2.45) is 5.41 Å². The fraction of sp³-hybridized carbons (Fsp3) is 0.714. The van der Waals surface area contributed by atoms with E-state index in [9.17, 15) is 4.79 Å². The fourth-order valence-corrected chi connectivity index (χ4v) is 3.63. The molecule has 0 spiro atoms. The molecule has 4 N–H and O–H groups in total. The molecule has 1 unspecified atom stereocenters. The SMILES string of the molecule is CC1(C)CCC(NC(=O)c2sc(NC3CC3)nc2N)C1. The van der Waals surface area contributed by atoms with Crippen LogP contribution in [0.3, 0.4) is 0 Å². The van der Waals surface area contributed by atoms with Gasteiger partial charge in [-0.2, -0.15) is 0 Å². The Bertz CT molecular complexity index is 521. The molecular formula is C14H22N4OS. The Hall–Kier alpha value is -1.30. The first-order valence-electron chi connectivity index (χ1n) is 7.27. The number of thiazole rings is 1. The number of nitrogens with zero attached hydrogens (tertiary/aromatic N) is 1. The van der Waals surface area contributed by atoms with E-state index >= 15 is 0 Å². The van der Waals surface area contributed by atoms with E-state index in [0.29, 0.717) is 22.2 Å². The van der Waals surface area contributed by atoms with Crippen LogP contribution in [0.15, 0.2) is 0 Å². The highest BCUT2D eigenvalue weighted by molar-refractivity contribution is 7.18. The maximum atomic E-state index is 12.3. The third-order valence-electron chi connectivity index (χ3n) is 4.07. The number of hydrogen-bond acceptors (Lipinski definition) is 5. The van der Waals surface area contributed by atoms with Crippen LogP contribution in [-0.2, 0) is 0 Å². The van der Waals surface area contributed by atoms with Crippen LogP contribution in [0.1, 0.15) is 55.6 Å². The van der Waals surface area contributed by atoms with Crippen molar-refractivity contribution in [3.63, 3.8) is 0 Å². The van der Waals surface area contributed by atoms with Crippen LogP contribution >= 0.6 is 11.3 Å². The second kappa shape index (κ2) is 4.91. The largest absolute Gasteiger partial charge is 0.382 e. The molecule has 1 aromatic rings. The van der Waals surface area contributed by atoms with Crippen molar-refractivity contribution in [1.82, 2.24) is 10.3 Å². The summed E-state index contributed by atoms with van der Waals surface area (Å²) in [6.07, 6.45) is 5.59. The normalized spacial score (nSPS) is 24.6. The van der Waals surface area contributed by atoms with E-state index in [1.165, 1.54) is 24.2 Å². The van der Waals surface area contributed by atoms with Crippen molar-refractivity contribution in [3.8, 4) is 0 Å². The highest BCUT2D eigenvalue weighted by atomic mass is 32.1. The minimum absolute atomic E-state index is 0.0773. The van der Waals surface area contributed by atoms with Crippen molar-refractivity contribution >= 4 is 28.2 Å². The lowest BCUT2D eigenvalue weighted by molar-refractivity contribution is 0.0941. The second-order valence-electron chi connectivity index (χ2n) is 6.73. The summed E-state index contributed by atoms with van der Waals surface area (Å²) in [6.45, 7) is 4.50. The van der Waals surface area contributed by atoms with E-state index in [1.807, 2.05) is 0 Å². The van der Waals surface area contributed by atoms with Crippen molar-refractivity contribution in [1.29, 1.82) is 0 Å². The molecule has 0 aliphatic heterocycles. The predicted octanol–water partition coefficient (Wildman–Crippen LogP) is 2.61. The van der Waals surface area contributed by atoms with E-state index < -0.39 is 0 Å². The topological polar surface area (TPSA) is 80.0 Å². The molecule has 2 aliphatic rings. The van der Waals surface area contributed by atoms with Gasteiger partial charge in [0.05, 0.1) is 0 Å². The molecule has 0 radical (unpaired) electrons. The zero-order valence-corrected chi connectivity index (χ0v) is 12.8.